The summed E-state index contributed by atoms with van der Waals surface area (Å²) >= 11 is 0. The van der Waals surface area contributed by atoms with Crippen LogP contribution in [0, 0.1) is 0 Å². The fourth-order valence-electron chi connectivity index (χ4n) is 1.73. The average Bonchev–Trinajstić information content (AvgIpc) is 2.88. The Kier molecular flexibility index (Phi) is 3.79. The van der Waals surface area contributed by atoms with E-state index in [1.54, 1.807) is 12.1 Å². The van der Waals surface area contributed by atoms with Crippen LogP contribution in [0.2, 0.25) is 0 Å². The monoisotopic (exact) mass is 245 g/mol. The molecule has 4 nitrogen and oxygen atoms in total. The molecule has 2 N–H and O–H groups in total. The Bertz CT molecular complexity index is 519. The number of benzene rings is 1. The topological polar surface area (TPSA) is 65.5 Å². The number of esters is 1. The molecule has 94 valence electrons. The third kappa shape index (κ3) is 2.78. The van der Waals surface area contributed by atoms with Crippen LogP contribution in [0.1, 0.15) is 27.9 Å². The Labute approximate surface area is 105 Å². The maximum atomic E-state index is 11.3. The number of carbonyl (C=O) groups excluding carboxylic acids is 1. The van der Waals surface area contributed by atoms with E-state index in [4.69, 9.17) is 10.2 Å². The van der Waals surface area contributed by atoms with Crippen LogP contribution < -0.4 is 5.73 Å². The number of ether oxygens (including phenoxy) is 1. The second-order valence-corrected chi connectivity index (χ2v) is 3.99. The number of methoxy groups -OCH3 is 1. The summed E-state index contributed by atoms with van der Waals surface area (Å²) in [6.07, 6.45) is 0.662. The highest BCUT2D eigenvalue weighted by Crippen LogP contribution is 2.19. The number of rotatable bonds is 4. The van der Waals surface area contributed by atoms with E-state index in [1.807, 2.05) is 30.3 Å². The molecule has 0 amide bonds. The number of carbonyl (C=O) groups is 1. The van der Waals surface area contributed by atoms with E-state index in [-0.39, 0.29) is 11.8 Å². The highest BCUT2D eigenvalue weighted by Gasteiger charge is 2.15. The van der Waals surface area contributed by atoms with E-state index in [2.05, 4.69) is 4.74 Å². The summed E-state index contributed by atoms with van der Waals surface area (Å²) in [5.41, 5.74) is 7.16. The first-order valence-corrected chi connectivity index (χ1v) is 5.68. The first-order valence-electron chi connectivity index (χ1n) is 5.68. The lowest BCUT2D eigenvalue weighted by molar-refractivity contribution is 0.0562. The van der Waals surface area contributed by atoms with E-state index >= 15 is 0 Å². The molecule has 0 fully saturated rings. The highest BCUT2D eigenvalue weighted by molar-refractivity contribution is 5.86. The van der Waals surface area contributed by atoms with Gasteiger partial charge in [-0.2, -0.15) is 0 Å². The number of furan rings is 1. The first kappa shape index (κ1) is 12.4. The molecule has 0 aliphatic heterocycles. The number of nitrogens with two attached hydrogens (primary N) is 1. The van der Waals surface area contributed by atoms with Gasteiger partial charge in [0.15, 0.2) is 0 Å². The first-order chi connectivity index (χ1) is 8.70. The molecule has 0 aliphatic carbocycles. The van der Waals surface area contributed by atoms with Crippen molar-refractivity contribution in [2.75, 3.05) is 7.11 Å². The Morgan fingerprint density at radius 3 is 2.67 bits per heavy atom. The SMILES string of the molecule is COC(=O)c1ccc([C@@H](N)Cc2ccccc2)o1. The maximum Gasteiger partial charge on any atom is 0.373 e. The molecular weight excluding hydrogens is 230 g/mol. The van der Waals surface area contributed by atoms with Gasteiger partial charge in [-0.05, 0) is 24.1 Å². The van der Waals surface area contributed by atoms with Crippen LogP contribution in [0.15, 0.2) is 46.9 Å². The molecule has 2 aromatic rings. The van der Waals surface area contributed by atoms with Gasteiger partial charge in [0.05, 0.1) is 13.2 Å². The van der Waals surface area contributed by atoms with Crippen LogP contribution in [-0.2, 0) is 11.2 Å². The Hall–Kier alpha value is -2.07. The molecule has 4 heteroatoms. The summed E-state index contributed by atoms with van der Waals surface area (Å²) < 4.78 is 9.94. The van der Waals surface area contributed by atoms with Gasteiger partial charge in [-0.1, -0.05) is 30.3 Å². The fourth-order valence-corrected chi connectivity index (χ4v) is 1.73. The van der Waals surface area contributed by atoms with E-state index in [1.165, 1.54) is 7.11 Å². The van der Waals surface area contributed by atoms with Crippen molar-refractivity contribution >= 4 is 5.97 Å². The van der Waals surface area contributed by atoms with Crippen molar-refractivity contribution in [1.29, 1.82) is 0 Å². The van der Waals surface area contributed by atoms with E-state index < -0.39 is 5.97 Å². The summed E-state index contributed by atoms with van der Waals surface area (Å²) in [7, 11) is 1.31. The molecule has 0 unspecified atom stereocenters. The molecule has 18 heavy (non-hydrogen) atoms. The van der Waals surface area contributed by atoms with E-state index in [0.29, 0.717) is 12.2 Å². The van der Waals surface area contributed by atoms with Gasteiger partial charge in [0.1, 0.15) is 5.76 Å². The van der Waals surface area contributed by atoms with Crippen LogP contribution in [0.3, 0.4) is 0 Å². The van der Waals surface area contributed by atoms with E-state index in [0.717, 1.165) is 5.56 Å². The zero-order chi connectivity index (χ0) is 13.0. The number of hydrogen-bond acceptors (Lipinski definition) is 4. The standard InChI is InChI=1S/C14H15NO3/c1-17-14(16)13-8-7-12(18-13)11(15)9-10-5-3-2-4-6-10/h2-8,11H,9,15H2,1H3/t11-/m0/s1. The fraction of sp³-hybridized carbons (Fsp3) is 0.214. The lowest BCUT2D eigenvalue weighted by atomic mass is 10.1. The second kappa shape index (κ2) is 5.51. The summed E-state index contributed by atoms with van der Waals surface area (Å²) in [5, 5.41) is 0. The smallest absolute Gasteiger partial charge is 0.373 e. The molecular formula is C14H15NO3. The van der Waals surface area contributed by atoms with Gasteiger partial charge in [-0.25, -0.2) is 4.79 Å². The van der Waals surface area contributed by atoms with Gasteiger partial charge < -0.3 is 14.9 Å². The summed E-state index contributed by atoms with van der Waals surface area (Å²) in [6, 6.07) is 12.9. The Morgan fingerprint density at radius 2 is 2.00 bits per heavy atom. The van der Waals surface area contributed by atoms with Crippen LogP contribution >= 0.6 is 0 Å². The Balaban J connectivity index is 2.07. The quantitative estimate of drug-likeness (QED) is 0.839. The van der Waals surface area contributed by atoms with Gasteiger partial charge in [-0.15, -0.1) is 0 Å². The minimum Gasteiger partial charge on any atom is -0.463 e. The average molecular weight is 245 g/mol. The molecule has 1 aromatic heterocycles. The molecule has 0 bridgehead atoms. The summed E-state index contributed by atoms with van der Waals surface area (Å²) in [6.45, 7) is 0. The van der Waals surface area contributed by atoms with Crippen molar-refractivity contribution in [2.24, 2.45) is 5.73 Å². The predicted molar refractivity (Wildman–Crippen MR) is 67.1 cm³/mol. The van der Waals surface area contributed by atoms with Gasteiger partial charge >= 0.3 is 5.97 Å². The molecule has 0 aliphatic rings. The van der Waals surface area contributed by atoms with Crippen molar-refractivity contribution < 1.29 is 13.9 Å². The van der Waals surface area contributed by atoms with Gasteiger partial charge in [0.25, 0.3) is 0 Å². The molecule has 2 rings (SSSR count). The zero-order valence-electron chi connectivity index (χ0n) is 10.1. The van der Waals surface area contributed by atoms with Gasteiger partial charge in [-0.3, -0.25) is 0 Å². The number of hydrogen-bond donors (Lipinski definition) is 1. The van der Waals surface area contributed by atoms with Crippen LogP contribution in [0.4, 0.5) is 0 Å². The third-order valence-corrected chi connectivity index (χ3v) is 2.68. The van der Waals surface area contributed by atoms with Crippen LogP contribution in [0.5, 0.6) is 0 Å². The lowest BCUT2D eigenvalue weighted by Crippen LogP contribution is -2.12. The van der Waals surface area contributed by atoms with Crippen molar-refractivity contribution in [3.8, 4) is 0 Å². The normalized spacial score (nSPS) is 12.1. The molecule has 1 atom stereocenters. The van der Waals surface area contributed by atoms with E-state index in [9.17, 15) is 4.79 Å². The van der Waals surface area contributed by atoms with Crippen molar-refractivity contribution in [1.82, 2.24) is 0 Å². The largest absolute Gasteiger partial charge is 0.463 e. The third-order valence-electron chi connectivity index (χ3n) is 2.68. The lowest BCUT2D eigenvalue weighted by Gasteiger charge is -2.08. The molecule has 0 saturated heterocycles. The van der Waals surface area contributed by atoms with Gasteiger partial charge in [0.2, 0.25) is 5.76 Å². The molecule has 0 radical (unpaired) electrons. The van der Waals surface area contributed by atoms with Crippen molar-refractivity contribution in [3.63, 3.8) is 0 Å². The van der Waals surface area contributed by atoms with Crippen LogP contribution in [0.25, 0.3) is 0 Å². The molecule has 1 aromatic carbocycles. The van der Waals surface area contributed by atoms with Gasteiger partial charge in [0, 0.05) is 0 Å². The summed E-state index contributed by atoms with van der Waals surface area (Å²) in [5.74, 6) is 0.267. The molecule has 0 spiro atoms. The second-order valence-electron chi connectivity index (χ2n) is 3.99. The molecule has 0 saturated carbocycles. The summed E-state index contributed by atoms with van der Waals surface area (Å²) in [4.78, 5) is 11.3. The minimum absolute atomic E-state index is 0.177. The predicted octanol–water partition coefficient (Wildman–Crippen LogP) is 2.31. The highest BCUT2D eigenvalue weighted by atomic mass is 16.5. The zero-order valence-corrected chi connectivity index (χ0v) is 10.1. The Morgan fingerprint density at radius 1 is 1.28 bits per heavy atom. The van der Waals surface area contributed by atoms with Crippen molar-refractivity contribution in [2.45, 2.75) is 12.5 Å². The molecule has 1 heterocycles. The van der Waals surface area contributed by atoms with Crippen molar-refractivity contribution in [3.05, 3.63) is 59.5 Å². The minimum atomic E-state index is -0.492. The maximum absolute atomic E-state index is 11.3. The van der Waals surface area contributed by atoms with Crippen LogP contribution in [-0.4, -0.2) is 13.1 Å².